The number of benzene rings is 1. The minimum Gasteiger partial charge on any atom is -0.226 e. The van der Waals surface area contributed by atoms with E-state index in [2.05, 4.69) is 46.7 Å². The number of hydrogen-bond acceptors (Lipinski definition) is 3. The maximum Gasteiger partial charge on any atom is 0.155 e. The van der Waals surface area contributed by atoms with E-state index in [9.17, 15) is 0 Å². The van der Waals surface area contributed by atoms with Gasteiger partial charge in [0.25, 0.3) is 0 Å². The SMILES string of the molecule is Cc1ccc(Cc2nnnn2C2CCCC2)cc1. The van der Waals surface area contributed by atoms with Crippen LogP contribution in [0.25, 0.3) is 0 Å². The van der Waals surface area contributed by atoms with E-state index in [0.29, 0.717) is 6.04 Å². The second kappa shape index (κ2) is 4.88. The quantitative estimate of drug-likeness (QED) is 0.831. The van der Waals surface area contributed by atoms with Gasteiger partial charge in [-0.1, -0.05) is 42.7 Å². The van der Waals surface area contributed by atoms with E-state index in [4.69, 9.17) is 0 Å². The first-order valence-electron chi connectivity index (χ1n) is 6.65. The Morgan fingerprint density at radius 2 is 1.89 bits per heavy atom. The minimum atomic E-state index is 0.514. The Morgan fingerprint density at radius 1 is 1.17 bits per heavy atom. The second-order valence-electron chi connectivity index (χ2n) is 5.14. The Hall–Kier alpha value is -1.71. The van der Waals surface area contributed by atoms with Gasteiger partial charge in [0.05, 0.1) is 6.04 Å². The van der Waals surface area contributed by atoms with Gasteiger partial charge in [0, 0.05) is 6.42 Å². The molecule has 0 saturated heterocycles. The van der Waals surface area contributed by atoms with Crippen molar-refractivity contribution in [3.05, 3.63) is 41.2 Å². The highest BCUT2D eigenvalue weighted by atomic mass is 15.5. The molecule has 0 aliphatic heterocycles. The van der Waals surface area contributed by atoms with Gasteiger partial charge >= 0.3 is 0 Å². The van der Waals surface area contributed by atoms with E-state index in [0.717, 1.165) is 12.2 Å². The molecule has 18 heavy (non-hydrogen) atoms. The highest BCUT2D eigenvalue weighted by Gasteiger charge is 2.21. The average Bonchev–Trinajstić information content (AvgIpc) is 3.02. The lowest BCUT2D eigenvalue weighted by molar-refractivity contribution is 0.440. The number of aromatic nitrogens is 4. The van der Waals surface area contributed by atoms with E-state index < -0.39 is 0 Å². The first-order valence-corrected chi connectivity index (χ1v) is 6.65. The summed E-state index contributed by atoms with van der Waals surface area (Å²) in [5, 5.41) is 12.2. The van der Waals surface area contributed by atoms with E-state index >= 15 is 0 Å². The molecule has 94 valence electrons. The van der Waals surface area contributed by atoms with Gasteiger partial charge in [-0.3, -0.25) is 0 Å². The molecule has 0 spiro atoms. The van der Waals surface area contributed by atoms with Crippen LogP contribution in [-0.4, -0.2) is 20.2 Å². The van der Waals surface area contributed by atoms with E-state index in [1.165, 1.54) is 36.8 Å². The van der Waals surface area contributed by atoms with Crippen molar-refractivity contribution in [2.45, 2.75) is 45.1 Å². The van der Waals surface area contributed by atoms with Gasteiger partial charge in [0.2, 0.25) is 0 Å². The molecule has 4 heteroatoms. The molecule has 0 amide bonds. The minimum absolute atomic E-state index is 0.514. The van der Waals surface area contributed by atoms with Crippen molar-refractivity contribution in [3.63, 3.8) is 0 Å². The Labute approximate surface area is 107 Å². The Bertz CT molecular complexity index is 509. The molecule has 1 aromatic carbocycles. The van der Waals surface area contributed by atoms with Crippen molar-refractivity contribution in [3.8, 4) is 0 Å². The second-order valence-corrected chi connectivity index (χ2v) is 5.14. The lowest BCUT2D eigenvalue weighted by Gasteiger charge is -2.11. The fraction of sp³-hybridized carbons (Fsp3) is 0.500. The normalized spacial score (nSPS) is 16.3. The molecule has 1 aliphatic rings. The lowest BCUT2D eigenvalue weighted by atomic mass is 10.1. The summed E-state index contributed by atoms with van der Waals surface area (Å²) in [6.07, 6.45) is 5.85. The summed E-state index contributed by atoms with van der Waals surface area (Å²) in [4.78, 5) is 0. The Morgan fingerprint density at radius 3 is 2.61 bits per heavy atom. The molecule has 1 aliphatic carbocycles. The Kier molecular flexibility index (Phi) is 3.09. The molecule has 0 unspecified atom stereocenters. The first-order chi connectivity index (χ1) is 8.83. The molecule has 3 rings (SSSR count). The number of nitrogens with zero attached hydrogens (tertiary/aromatic N) is 4. The van der Waals surface area contributed by atoms with Crippen LogP contribution in [0.4, 0.5) is 0 Å². The van der Waals surface area contributed by atoms with Crippen molar-refractivity contribution < 1.29 is 0 Å². The number of tetrazole rings is 1. The zero-order valence-electron chi connectivity index (χ0n) is 10.7. The molecule has 0 N–H and O–H groups in total. The van der Waals surface area contributed by atoms with Crippen LogP contribution in [0.3, 0.4) is 0 Å². The smallest absolute Gasteiger partial charge is 0.155 e. The van der Waals surface area contributed by atoms with Gasteiger partial charge in [-0.2, -0.15) is 0 Å². The van der Waals surface area contributed by atoms with Gasteiger partial charge in [-0.15, -0.1) is 5.10 Å². The van der Waals surface area contributed by atoms with Gasteiger partial charge < -0.3 is 0 Å². The van der Waals surface area contributed by atoms with Crippen LogP contribution in [0.1, 0.15) is 48.7 Å². The average molecular weight is 242 g/mol. The molecule has 1 fully saturated rings. The van der Waals surface area contributed by atoms with Gasteiger partial charge in [0.15, 0.2) is 5.82 Å². The molecule has 1 saturated carbocycles. The molecule has 0 atom stereocenters. The van der Waals surface area contributed by atoms with Crippen LogP contribution in [-0.2, 0) is 6.42 Å². The summed E-state index contributed by atoms with van der Waals surface area (Å²) in [5.74, 6) is 0.991. The van der Waals surface area contributed by atoms with Crippen LogP contribution in [0.5, 0.6) is 0 Å². The summed E-state index contributed by atoms with van der Waals surface area (Å²) < 4.78 is 2.03. The maximum absolute atomic E-state index is 4.18. The fourth-order valence-electron chi connectivity index (χ4n) is 2.65. The van der Waals surface area contributed by atoms with Crippen molar-refractivity contribution in [1.82, 2.24) is 20.2 Å². The van der Waals surface area contributed by atoms with Crippen LogP contribution in [0.2, 0.25) is 0 Å². The fourth-order valence-corrected chi connectivity index (χ4v) is 2.65. The molecule has 1 heterocycles. The van der Waals surface area contributed by atoms with Crippen LogP contribution in [0.15, 0.2) is 24.3 Å². The summed E-state index contributed by atoms with van der Waals surface area (Å²) >= 11 is 0. The molecular formula is C14H18N4. The van der Waals surface area contributed by atoms with Crippen molar-refractivity contribution >= 4 is 0 Å². The lowest BCUT2D eigenvalue weighted by Crippen LogP contribution is -2.11. The van der Waals surface area contributed by atoms with Crippen molar-refractivity contribution in [1.29, 1.82) is 0 Å². The van der Waals surface area contributed by atoms with Crippen molar-refractivity contribution in [2.75, 3.05) is 0 Å². The standard InChI is InChI=1S/C14H18N4/c1-11-6-8-12(9-7-11)10-14-15-16-17-18(14)13-4-2-3-5-13/h6-9,13H,2-5,10H2,1H3. The third-order valence-corrected chi connectivity index (χ3v) is 3.71. The third-order valence-electron chi connectivity index (χ3n) is 3.71. The van der Waals surface area contributed by atoms with E-state index in [-0.39, 0.29) is 0 Å². The monoisotopic (exact) mass is 242 g/mol. The van der Waals surface area contributed by atoms with Gasteiger partial charge in [-0.05, 0) is 35.8 Å². The predicted octanol–water partition coefficient (Wildman–Crippen LogP) is 2.69. The summed E-state index contributed by atoms with van der Waals surface area (Å²) in [5.41, 5.74) is 2.56. The summed E-state index contributed by atoms with van der Waals surface area (Å²) in [6, 6.07) is 9.10. The zero-order chi connectivity index (χ0) is 12.4. The van der Waals surface area contributed by atoms with Gasteiger partial charge in [0.1, 0.15) is 0 Å². The topological polar surface area (TPSA) is 43.6 Å². The highest BCUT2D eigenvalue weighted by Crippen LogP contribution is 2.29. The molecule has 0 bridgehead atoms. The third kappa shape index (κ3) is 2.28. The molecule has 1 aromatic heterocycles. The summed E-state index contributed by atoms with van der Waals surface area (Å²) in [6.45, 7) is 2.10. The highest BCUT2D eigenvalue weighted by molar-refractivity contribution is 5.23. The van der Waals surface area contributed by atoms with E-state index in [1.54, 1.807) is 0 Å². The van der Waals surface area contributed by atoms with Crippen LogP contribution in [0, 0.1) is 6.92 Å². The van der Waals surface area contributed by atoms with Crippen LogP contribution >= 0.6 is 0 Å². The zero-order valence-corrected chi connectivity index (χ0v) is 10.7. The van der Waals surface area contributed by atoms with Crippen molar-refractivity contribution in [2.24, 2.45) is 0 Å². The predicted molar refractivity (Wildman–Crippen MR) is 69.3 cm³/mol. The molecule has 0 radical (unpaired) electrons. The Balaban J connectivity index is 1.80. The largest absolute Gasteiger partial charge is 0.226 e. The maximum atomic E-state index is 4.18. The molecular weight excluding hydrogens is 224 g/mol. The molecule has 2 aromatic rings. The van der Waals surface area contributed by atoms with E-state index in [1.807, 2.05) is 4.68 Å². The summed E-state index contributed by atoms with van der Waals surface area (Å²) in [7, 11) is 0. The molecule has 4 nitrogen and oxygen atoms in total. The van der Waals surface area contributed by atoms with Gasteiger partial charge in [-0.25, -0.2) is 4.68 Å². The van der Waals surface area contributed by atoms with Crippen LogP contribution < -0.4 is 0 Å². The number of aryl methyl sites for hydroxylation is 1. The number of hydrogen-bond donors (Lipinski definition) is 0. The number of rotatable bonds is 3. The first kappa shape index (κ1) is 11.4.